The molecule has 2 aromatic carbocycles. The first-order valence-electron chi connectivity index (χ1n) is 11.3. The maximum absolute atomic E-state index is 12.9. The largest absolute Gasteiger partial charge is 0.481 e. The summed E-state index contributed by atoms with van der Waals surface area (Å²) in [5, 5.41) is 5.78. The Morgan fingerprint density at radius 3 is 2.47 bits per heavy atom. The summed E-state index contributed by atoms with van der Waals surface area (Å²) in [6, 6.07) is 14.8. The fourth-order valence-electron chi connectivity index (χ4n) is 3.63. The van der Waals surface area contributed by atoms with Crippen LogP contribution in [0.2, 0.25) is 0 Å². The summed E-state index contributed by atoms with van der Waals surface area (Å²) in [5.41, 5.74) is 2.13. The van der Waals surface area contributed by atoms with E-state index in [1.807, 2.05) is 31.2 Å². The number of hydrogen-bond donors (Lipinski definition) is 2. The first kappa shape index (κ1) is 23.8. The molecule has 1 saturated heterocycles. The van der Waals surface area contributed by atoms with Crippen LogP contribution in [0.25, 0.3) is 0 Å². The van der Waals surface area contributed by atoms with Crippen molar-refractivity contribution in [3.8, 4) is 5.75 Å². The van der Waals surface area contributed by atoms with E-state index in [9.17, 15) is 9.59 Å². The zero-order valence-electron chi connectivity index (χ0n) is 19.4. The van der Waals surface area contributed by atoms with Crippen LogP contribution in [0.5, 0.6) is 5.75 Å². The monoisotopic (exact) mass is 438 g/mol. The second-order valence-electron chi connectivity index (χ2n) is 9.17. The highest BCUT2D eigenvalue weighted by Gasteiger charge is 2.22. The number of nitrogens with one attached hydrogen (secondary N) is 2. The molecule has 1 aliphatic heterocycles. The third-order valence-electron chi connectivity index (χ3n) is 5.61. The van der Waals surface area contributed by atoms with Gasteiger partial charge in [-0.25, -0.2) is 0 Å². The molecule has 6 heteroatoms. The highest BCUT2D eigenvalue weighted by atomic mass is 16.5. The molecule has 0 saturated carbocycles. The molecule has 2 unspecified atom stereocenters. The fourth-order valence-corrected chi connectivity index (χ4v) is 3.63. The highest BCUT2D eigenvalue weighted by Crippen LogP contribution is 2.25. The summed E-state index contributed by atoms with van der Waals surface area (Å²) in [5.74, 6) is 0.123. The van der Waals surface area contributed by atoms with Crippen LogP contribution in [0.4, 0.5) is 5.69 Å². The van der Waals surface area contributed by atoms with E-state index in [0.717, 1.165) is 19.4 Å². The van der Waals surface area contributed by atoms with Gasteiger partial charge < -0.3 is 20.1 Å². The number of ether oxygens (including phenoxy) is 2. The zero-order valence-corrected chi connectivity index (χ0v) is 19.4. The van der Waals surface area contributed by atoms with Gasteiger partial charge in [0.15, 0.2) is 6.10 Å². The summed E-state index contributed by atoms with van der Waals surface area (Å²) in [7, 11) is 0. The molecule has 0 radical (unpaired) electrons. The quantitative estimate of drug-likeness (QED) is 0.627. The lowest BCUT2D eigenvalue weighted by Crippen LogP contribution is -2.35. The summed E-state index contributed by atoms with van der Waals surface area (Å²) in [6.07, 6.45) is 1.86. The van der Waals surface area contributed by atoms with E-state index < -0.39 is 6.10 Å². The van der Waals surface area contributed by atoms with Gasteiger partial charge in [0, 0.05) is 13.2 Å². The van der Waals surface area contributed by atoms with Gasteiger partial charge in [0.25, 0.3) is 11.8 Å². The molecule has 0 bridgehead atoms. The first-order valence-corrected chi connectivity index (χ1v) is 11.3. The molecular formula is C26H34N2O4. The molecule has 2 atom stereocenters. The van der Waals surface area contributed by atoms with Gasteiger partial charge in [0.2, 0.25) is 0 Å². The normalized spacial score (nSPS) is 16.9. The predicted molar refractivity (Wildman–Crippen MR) is 126 cm³/mol. The minimum Gasteiger partial charge on any atom is -0.481 e. The Bertz CT molecular complexity index is 912. The van der Waals surface area contributed by atoms with E-state index in [4.69, 9.17) is 9.47 Å². The van der Waals surface area contributed by atoms with Crippen molar-refractivity contribution >= 4 is 17.5 Å². The van der Waals surface area contributed by atoms with Crippen LogP contribution in [0.15, 0.2) is 48.5 Å². The third kappa shape index (κ3) is 6.33. The standard InChI is InChI=1S/C26H34N2O4/c1-5-23(32-19-14-12-18(13-15-19)26(2,3)4)25(30)28-22-11-7-6-10-21(22)24(29)27-17-20-9-8-16-31-20/h6-7,10-15,20,23H,5,8-9,16-17H2,1-4H3,(H,27,29)(H,28,30). The second-order valence-corrected chi connectivity index (χ2v) is 9.17. The SMILES string of the molecule is CCC(Oc1ccc(C(C)(C)C)cc1)C(=O)Nc1ccccc1C(=O)NCC1CCCO1. The van der Waals surface area contributed by atoms with E-state index in [-0.39, 0.29) is 23.3 Å². The summed E-state index contributed by atoms with van der Waals surface area (Å²) in [4.78, 5) is 25.6. The minimum atomic E-state index is -0.668. The maximum Gasteiger partial charge on any atom is 0.265 e. The zero-order chi connectivity index (χ0) is 23.1. The number of rotatable bonds is 8. The number of anilines is 1. The Morgan fingerprint density at radius 2 is 1.84 bits per heavy atom. The minimum absolute atomic E-state index is 0.0498. The van der Waals surface area contributed by atoms with Gasteiger partial charge in [-0.3, -0.25) is 9.59 Å². The molecule has 1 heterocycles. The Hall–Kier alpha value is -2.86. The van der Waals surface area contributed by atoms with Gasteiger partial charge in [-0.05, 0) is 54.5 Å². The Kier molecular flexibility index (Phi) is 7.91. The van der Waals surface area contributed by atoms with E-state index >= 15 is 0 Å². The van der Waals surface area contributed by atoms with Crippen molar-refractivity contribution in [2.75, 3.05) is 18.5 Å². The Labute approximate surface area is 190 Å². The fraction of sp³-hybridized carbons (Fsp3) is 0.462. The lowest BCUT2D eigenvalue weighted by atomic mass is 9.87. The second kappa shape index (κ2) is 10.6. The molecule has 3 rings (SSSR count). The van der Waals surface area contributed by atoms with E-state index in [2.05, 4.69) is 31.4 Å². The molecule has 2 amide bonds. The van der Waals surface area contributed by atoms with Crippen molar-refractivity contribution < 1.29 is 19.1 Å². The average Bonchev–Trinajstić information content (AvgIpc) is 3.29. The van der Waals surface area contributed by atoms with Gasteiger partial charge in [0.1, 0.15) is 5.75 Å². The summed E-state index contributed by atoms with van der Waals surface area (Å²) >= 11 is 0. The van der Waals surface area contributed by atoms with Crippen LogP contribution < -0.4 is 15.4 Å². The predicted octanol–water partition coefficient (Wildman–Crippen LogP) is 4.69. The van der Waals surface area contributed by atoms with Gasteiger partial charge in [-0.15, -0.1) is 0 Å². The van der Waals surface area contributed by atoms with Crippen molar-refractivity contribution in [1.29, 1.82) is 0 Å². The van der Waals surface area contributed by atoms with Crippen molar-refractivity contribution in [2.24, 2.45) is 0 Å². The van der Waals surface area contributed by atoms with E-state index in [1.54, 1.807) is 24.3 Å². The van der Waals surface area contributed by atoms with Crippen molar-refractivity contribution in [3.05, 3.63) is 59.7 Å². The number of benzene rings is 2. The molecule has 2 N–H and O–H groups in total. The van der Waals surface area contributed by atoms with Crippen LogP contribution in [0.1, 0.15) is 62.9 Å². The summed E-state index contributed by atoms with van der Waals surface area (Å²) < 4.78 is 11.5. The topological polar surface area (TPSA) is 76.7 Å². The van der Waals surface area contributed by atoms with Crippen LogP contribution in [-0.4, -0.2) is 37.2 Å². The number of hydrogen-bond acceptors (Lipinski definition) is 4. The van der Waals surface area contributed by atoms with Gasteiger partial charge in [0.05, 0.1) is 17.4 Å². The van der Waals surface area contributed by atoms with Crippen molar-refractivity contribution in [3.63, 3.8) is 0 Å². The lowest BCUT2D eigenvalue weighted by Gasteiger charge is -2.21. The van der Waals surface area contributed by atoms with E-state index in [1.165, 1.54) is 5.56 Å². The number of carbonyl (C=O) groups excluding carboxylic acids is 2. The highest BCUT2D eigenvalue weighted by molar-refractivity contribution is 6.04. The number of amides is 2. The molecule has 172 valence electrons. The Balaban J connectivity index is 1.64. The van der Waals surface area contributed by atoms with Crippen molar-refractivity contribution in [1.82, 2.24) is 5.32 Å². The van der Waals surface area contributed by atoms with Gasteiger partial charge >= 0.3 is 0 Å². The summed E-state index contributed by atoms with van der Waals surface area (Å²) in [6.45, 7) is 9.56. The van der Waals surface area contributed by atoms with Crippen LogP contribution in [0, 0.1) is 0 Å². The molecule has 6 nitrogen and oxygen atoms in total. The molecule has 2 aromatic rings. The third-order valence-corrected chi connectivity index (χ3v) is 5.61. The van der Waals surface area contributed by atoms with Crippen LogP contribution in [-0.2, 0) is 14.9 Å². The smallest absolute Gasteiger partial charge is 0.265 e. The molecule has 1 aliphatic rings. The molecule has 0 aliphatic carbocycles. The lowest BCUT2D eigenvalue weighted by molar-refractivity contribution is -0.122. The molecular weight excluding hydrogens is 404 g/mol. The van der Waals surface area contributed by atoms with Crippen LogP contribution in [0.3, 0.4) is 0 Å². The first-order chi connectivity index (χ1) is 15.3. The Morgan fingerprint density at radius 1 is 1.12 bits per heavy atom. The number of carbonyl (C=O) groups is 2. The number of para-hydroxylation sites is 1. The molecule has 0 spiro atoms. The molecule has 1 fully saturated rings. The average molecular weight is 439 g/mol. The van der Waals surface area contributed by atoms with E-state index in [0.29, 0.717) is 30.0 Å². The molecule has 0 aromatic heterocycles. The van der Waals surface area contributed by atoms with Gasteiger partial charge in [-0.1, -0.05) is 52.0 Å². The maximum atomic E-state index is 12.9. The van der Waals surface area contributed by atoms with Gasteiger partial charge in [-0.2, -0.15) is 0 Å². The molecule has 32 heavy (non-hydrogen) atoms. The van der Waals surface area contributed by atoms with Crippen molar-refractivity contribution in [2.45, 2.75) is 64.6 Å². The van der Waals surface area contributed by atoms with Crippen LogP contribution >= 0.6 is 0 Å².